The largest absolute Gasteiger partial charge is 0.385 e. The molecule has 2 atom stereocenters. The molecule has 2 rings (SSSR count). The molecule has 0 aliphatic carbocycles. The zero-order valence-electron chi connectivity index (χ0n) is 14.4. The van der Waals surface area contributed by atoms with E-state index in [9.17, 15) is 4.79 Å². The summed E-state index contributed by atoms with van der Waals surface area (Å²) in [4.78, 5) is 14.9. The summed E-state index contributed by atoms with van der Waals surface area (Å²) in [5, 5.41) is 0. The van der Waals surface area contributed by atoms with Crippen LogP contribution >= 0.6 is 0 Å². The lowest BCUT2D eigenvalue weighted by molar-refractivity contribution is -0.136. The van der Waals surface area contributed by atoms with E-state index >= 15 is 0 Å². The number of aryl methyl sites for hydroxylation is 1. The lowest BCUT2D eigenvalue weighted by Crippen LogP contribution is -2.35. The third-order valence-electron chi connectivity index (χ3n) is 4.95. The van der Waals surface area contributed by atoms with E-state index in [2.05, 4.69) is 43.9 Å². The Labute approximate surface area is 134 Å². The molecule has 0 N–H and O–H groups in total. The molecule has 0 bridgehead atoms. The molecule has 1 fully saturated rings. The summed E-state index contributed by atoms with van der Waals surface area (Å²) in [7, 11) is 1.71. The minimum atomic E-state index is 0.0841. The smallest absolute Gasteiger partial charge is 0.225 e. The third kappa shape index (κ3) is 3.70. The van der Waals surface area contributed by atoms with Crippen LogP contribution in [0.3, 0.4) is 0 Å². The van der Waals surface area contributed by atoms with Gasteiger partial charge in [0.1, 0.15) is 0 Å². The van der Waals surface area contributed by atoms with Crippen LogP contribution in [0.5, 0.6) is 0 Å². The molecule has 0 saturated carbocycles. The predicted octanol–water partition coefficient (Wildman–Crippen LogP) is 4.03. The second-order valence-corrected chi connectivity index (χ2v) is 6.51. The maximum atomic E-state index is 12.8. The monoisotopic (exact) mass is 303 g/mol. The van der Waals surface area contributed by atoms with Gasteiger partial charge in [-0.2, -0.15) is 0 Å². The molecule has 1 aliphatic rings. The van der Waals surface area contributed by atoms with Crippen molar-refractivity contribution in [2.45, 2.75) is 52.5 Å². The van der Waals surface area contributed by atoms with Crippen LogP contribution < -0.4 is 0 Å². The molecule has 22 heavy (non-hydrogen) atoms. The fourth-order valence-electron chi connectivity index (χ4n) is 3.43. The van der Waals surface area contributed by atoms with E-state index in [1.54, 1.807) is 7.11 Å². The second-order valence-electron chi connectivity index (χ2n) is 6.51. The van der Waals surface area contributed by atoms with Gasteiger partial charge in [0.2, 0.25) is 5.91 Å². The molecule has 1 heterocycles. The van der Waals surface area contributed by atoms with Crippen LogP contribution in [0, 0.1) is 19.8 Å². The Balaban J connectivity index is 2.10. The minimum absolute atomic E-state index is 0.0841. The van der Waals surface area contributed by atoms with Crippen molar-refractivity contribution in [2.24, 2.45) is 5.92 Å². The van der Waals surface area contributed by atoms with Crippen molar-refractivity contribution in [1.82, 2.24) is 4.90 Å². The van der Waals surface area contributed by atoms with Crippen LogP contribution in [0.15, 0.2) is 18.2 Å². The van der Waals surface area contributed by atoms with E-state index in [0.717, 1.165) is 38.8 Å². The third-order valence-corrected chi connectivity index (χ3v) is 4.95. The number of methoxy groups -OCH3 is 1. The van der Waals surface area contributed by atoms with Gasteiger partial charge in [-0.1, -0.05) is 25.1 Å². The second kappa shape index (κ2) is 7.77. The van der Waals surface area contributed by atoms with Gasteiger partial charge in [0.05, 0.1) is 6.04 Å². The number of carbonyl (C=O) groups is 1. The van der Waals surface area contributed by atoms with E-state index in [4.69, 9.17) is 4.74 Å². The molecule has 0 unspecified atom stereocenters. The molecule has 1 saturated heterocycles. The maximum absolute atomic E-state index is 12.8. The van der Waals surface area contributed by atoms with Crippen LogP contribution in [0.1, 0.15) is 55.3 Å². The number of likely N-dealkylation sites (tertiary alicyclic amines) is 1. The van der Waals surface area contributed by atoms with Gasteiger partial charge in [0.25, 0.3) is 0 Å². The van der Waals surface area contributed by atoms with Gasteiger partial charge >= 0.3 is 0 Å². The zero-order chi connectivity index (χ0) is 16.1. The lowest BCUT2D eigenvalue weighted by Gasteiger charge is -2.29. The first kappa shape index (κ1) is 17.0. The van der Waals surface area contributed by atoms with Gasteiger partial charge in [-0.3, -0.25) is 4.79 Å². The molecule has 3 nitrogen and oxygen atoms in total. The van der Waals surface area contributed by atoms with Crippen molar-refractivity contribution in [1.29, 1.82) is 0 Å². The Morgan fingerprint density at radius 2 is 2.18 bits per heavy atom. The Morgan fingerprint density at radius 1 is 1.41 bits per heavy atom. The number of benzene rings is 1. The first-order valence-corrected chi connectivity index (χ1v) is 8.41. The lowest BCUT2D eigenvalue weighted by atomic mass is 9.95. The topological polar surface area (TPSA) is 29.5 Å². The summed E-state index contributed by atoms with van der Waals surface area (Å²) in [6.07, 6.45) is 4.05. The Kier molecular flexibility index (Phi) is 6.01. The highest BCUT2D eigenvalue weighted by molar-refractivity contribution is 5.79. The van der Waals surface area contributed by atoms with Crippen molar-refractivity contribution >= 4 is 5.91 Å². The first-order chi connectivity index (χ1) is 10.6. The molecule has 0 aromatic heterocycles. The summed E-state index contributed by atoms with van der Waals surface area (Å²) < 4.78 is 5.09. The number of rotatable bonds is 6. The Morgan fingerprint density at radius 3 is 2.91 bits per heavy atom. The minimum Gasteiger partial charge on any atom is -0.385 e. The number of hydrogen-bond acceptors (Lipinski definition) is 2. The van der Waals surface area contributed by atoms with Gasteiger partial charge in [-0.25, -0.2) is 0 Å². The SMILES string of the molecule is COCCC[C@@H](C)C(=O)N1CCC[C@H]1c1cccc(C)c1C. The van der Waals surface area contributed by atoms with Gasteiger partial charge in [-0.05, 0) is 56.2 Å². The molecular weight excluding hydrogens is 274 g/mol. The molecule has 0 radical (unpaired) electrons. The Bertz CT molecular complexity index is 512. The quantitative estimate of drug-likeness (QED) is 0.743. The zero-order valence-corrected chi connectivity index (χ0v) is 14.4. The van der Waals surface area contributed by atoms with Gasteiger partial charge in [0, 0.05) is 26.2 Å². The molecule has 1 aliphatic heterocycles. The van der Waals surface area contributed by atoms with Crippen LogP contribution in [-0.2, 0) is 9.53 Å². The number of nitrogens with zero attached hydrogens (tertiary/aromatic N) is 1. The summed E-state index contributed by atoms with van der Waals surface area (Å²) in [6, 6.07) is 6.71. The molecule has 0 spiro atoms. The molecule has 3 heteroatoms. The first-order valence-electron chi connectivity index (χ1n) is 8.41. The van der Waals surface area contributed by atoms with E-state index in [1.807, 2.05) is 0 Å². The average Bonchev–Trinajstić information content (AvgIpc) is 2.98. The van der Waals surface area contributed by atoms with Crippen molar-refractivity contribution in [2.75, 3.05) is 20.3 Å². The molecule has 1 aromatic rings. The van der Waals surface area contributed by atoms with Gasteiger partial charge < -0.3 is 9.64 Å². The van der Waals surface area contributed by atoms with Crippen molar-refractivity contribution < 1.29 is 9.53 Å². The maximum Gasteiger partial charge on any atom is 0.225 e. The summed E-state index contributed by atoms with van der Waals surface area (Å²) in [5.74, 6) is 0.389. The molecular formula is C19H29NO2. The fraction of sp³-hybridized carbons (Fsp3) is 0.632. The van der Waals surface area contributed by atoms with Crippen molar-refractivity contribution in [3.8, 4) is 0 Å². The van der Waals surface area contributed by atoms with Crippen LogP contribution in [-0.4, -0.2) is 31.1 Å². The van der Waals surface area contributed by atoms with Crippen LogP contribution in [0.2, 0.25) is 0 Å². The van der Waals surface area contributed by atoms with E-state index in [-0.39, 0.29) is 12.0 Å². The van der Waals surface area contributed by atoms with E-state index in [1.165, 1.54) is 16.7 Å². The highest BCUT2D eigenvalue weighted by Gasteiger charge is 2.32. The number of amides is 1. The number of hydrogen-bond donors (Lipinski definition) is 0. The number of carbonyl (C=O) groups excluding carboxylic acids is 1. The summed E-state index contributed by atoms with van der Waals surface area (Å²) >= 11 is 0. The fourth-order valence-corrected chi connectivity index (χ4v) is 3.43. The van der Waals surface area contributed by atoms with Gasteiger partial charge in [-0.15, -0.1) is 0 Å². The molecule has 1 amide bonds. The van der Waals surface area contributed by atoms with Gasteiger partial charge in [0.15, 0.2) is 0 Å². The van der Waals surface area contributed by atoms with Crippen molar-refractivity contribution in [3.05, 3.63) is 34.9 Å². The predicted molar refractivity (Wildman–Crippen MR) is 89.9 cm³/mol. The molecule has 122 valence electrons. The van der Waals surface area contributed by atoms with Crippen molar-refractivity contribution in [3.63, 3.8) is 0 Å². The highest BCUT2D eigenvalue weighted by Crippen LogP contribution is 2.35. The number of ether oxygens (including phenoxy) is 1. The normalized spacial score (nSPS) is 19.5. The molecule has 1 aromatic carbocycles. The summed E-state index contributed by atoms with van der Waals surface area (Å²) in [6.45, 7) is 8.00. The Hall–Kier alpha value is -1.35. The van der Waals surface area contributed by atoms with Crippen LogP contribution in [0.25, 0.3) is 0 Å². The van der Waals surface area contributed by atoms with E-state index < -0.39 is 0 Å². The van der Waals surface area contributed by atoms with Crippen LogP contribution in [0.4, 0.5) is 0 Å². The van der Waals surface area contributed by atoms with E-state index in [0.29, 0.717) is 5.91 Å². The average molecular weight is 303 g/mol. The standard InChI is InChI=1S/C19H29NO2/c1-14-8-5-10-17(16(14)3)18-11-6-12-20(18)19(21)15(2)9-7-13-22-4/h5,8,10,15,18H,6-7,9,11-13H2,1-4H3/t15-,18+/m1/s1. The summed E-state index contributed by atoms with van der Waals surface area (Å²) in [5.41, 5.74) is 3.97. The highest BCUT2D eigenvalue weighted by atomic mass is 16.5.